The van der Waals surface area contributed by atoms with Crippen LogP contribution < -0.4 is 10.6 Å². The second-order valence-corrected chi connectivity index (χ2v) is 10.7. The Hall–Kier alpha value is -2.17. The van der Waals surface area contributed by atoms with E-state index < -0.39 is 24.3 Å². The molecule has 2 N–H and O–H groups in total. The second kappa shape index (κ2) is 9.13. The van der Waals surface area contributed by atoms with Gasteiger partial charge in [0, 0.05) is 42.9 Å². The highest BCUT2D eigenvalue weighted by atomic mass is 19.4. The SMILES string of the molecule is CCC(=O)NC1CN=CC(C2CC(C)C3C(=O)N(C4C=NN(CC(F)(F)F)C4)C(C)(C)C3N2)C1. The lowest BCUT2D eigenvalue weighted by atomic mass is 9.72. The quantitative estimate of drug-likeness (QED) is 0.623. The van der Waals surface area contributed by atoms with Crippen molar-refractivity contribution in [2.75, 3.05) is 19.6 Å². The van der Waals surface area contributed by atoms with Gasteiger partial charge in [0.25, 0.3) is 0 Å². The maximum atomic E-state index is 13.5. The van der Waals surface area contributed by atoms with Gasteiger partial charge in [-0.25, -0.2) is 0 Å². The van der Waals surface area contributed by atoms with Crippen molar-refractivity contribution in [1.29, 1.82) is 0 Å². The maximum absolute atomic E-state index is 13.5. The van der Waals surface area contributed by atoms with Gasteiger partial charge in [-0.3, -0.25) is 19.6 Å². The van der Waals surface area contributed by atoms with Gasteiger partial charge in [-0.15, -0.1) is 0 Å². The van der Waals surface area contributed by atoms with Gasteiger partial charge in [0.1, 0.15) is 6.54 Å². The third-order valence-electron chi connectivity index (χ3n) is 7.77. The molecule has 7 unspecified atom stereocenters. The van der Waals surface area contributed by atoms with E-state index in [1.165, 1.54) is 6.21 Å². The summed E-state index contributed by atoms with van der Waals surface area (Å²) in [7, 11) is 0. The number of rotatable bonds is 5. The number of carbonyl (C=O) groups excluding carboxylic acids is 2. The number of likely N-dealkylation sites (tertiary alicyclic amines) is 1. The summed E-state index contributed by atoms with van der Waals surface area (Å²) in [5.41, 5.74) is -0.596. The first-order valence-corrected chi connectivity index (χ1v) is 12.1. The molecule has 0 aromatic rings. The van der Waals surface area contributed by atoms with Crippen LogP contribution in [0.15, 0.2) is 10.1 Å². The predicted octanol–water partition coefficient (Wildman–Crippen LogP) is 1.81. The van der Waals surface area contributed by atoms with Crippen molar-refractivity contribution in [2.45, 2.75) is 82.8 Å². The Morgan fingerprint density at radius 3 is 2.71 bits per heavy atom. The molecule has 11 heteroatoms. The van der Waals surface area contributed by atoms with Gasteiger partial charge in [0.15, 0.2) is 0 Å². The monoisotopic (exact) mass is 484 g/mol. The molecule has 0 bridgehead atoms. The largest absolute Gasteiger partial charge is 0.407 e. The minimum atomic E-state index is -4.34. The van der Waals surface area contributed by atoms with E-state index in [1.807, 2.05) is 27.0 Å². The Morgan fingerprint density at radius 1 is 1.29 bits per heavy atom. The summed E-state index contributed by atoms with van der Waals surface area (Å²) in [6.45, 7) is 7.37. The van der Waals surface area contributed by atoms with Crippen LogP contribution in [-0.2, 0) is 9.59 Å². The summed E-state index contributed by atoms with van der Waals surface area (Å²) in [4.78, 5) is 31.6. The third kappa shape index (κ3) is 4.81. The number of amides is 2. The third-order valence-corrected chi connectivity index (χ3v) is 7.77. The van der Waals surface area contributed by atoms with Gasteiger partial charge >= 0.3 is 6.18 Å². The van der Waals surface area contributed by atoms with Crippen LogP contribution in [0.2, 0.25) is 0 Å². The molecule has 4 heterocycles. The van der Waals surface area contributed by atoms with E-state index >= 15 is 0 Å². The molecular formula is C23H35F3N6O2. The second-order valence-electron chi connectivity index (χ2n) is 10.7. The lowest BCUT2D eigenvalue weighted by Crippen LogP contribution is -2.62. The molecule has 8 nitrogen and oxygen atoms in total. The van der Waals surface area contributed by atoms with Crippen molar-refractivity contribution in [1.82, 2.24) is 20.5 Å². The lowest BCUT2D eigenvalue weighted by molar-refractivity contribution is -0.146. The zero-order chi connectivity index (χ0) is 24.8. The first-order chi connectivity index (χ1) is 15.9. The normalized spacial score (nSPS) is 37.3. The van der Waals surface area contributed by atoms with Crippen LogP contribution >= 0.6 is 0 Å². The smallest absolute Gasteiger partial charge is 0.351 e. The molecule has 4 aliphatic rings. The van der Waals surface area contributed by atoms with Crippen molar-refractivity contribution in [3.8, 4) is 0 Å². The van der Waals surface area contributed by atoms with E-state index in [2.05, 4.69) is 27.7 Å². The lowest BCUT2D eigenvalue weighted by Gasteiger charge is -2.45. The van der Waals surface area contributed by atoms with Crippen LogP contribution in [0.25, 0.3) is 0 Å². The molecule has 4 aliphatic heterocycles. The Morgan fingerprint density at radius 2 is 2.03 bits per heavy atom. The number of hydrogen-bond acceptors (Lipinski definition) is 6. The number of fused-ring (bicyclic) bond motifs is 1. The zero-order valence-corrected chi connectivity index (χ0v) is 20.2. The molecular weight excluding hydrogens is 449 g/mol. The molecule has 34 heavy (non-hydrogen) atoms. The summed E-state index contributed by atoms with van der Waals surface area (Å²) in [5, 5.41) is 11.7. The van der Waals surface area contributed by atoms with Crippen LogP contribution in [0, 0.1) is 17.8 Å². The summed E-state index contributed by atoms with van der Waals surface area (Å²) in [5.74, 6) is -0.00956. The van der Waals surface area contributed by atoms with Gasteiger partial charge in [-0.05, 0) is 32.6 Å². The van der Waals surface area contributed by atoms with Gasteiger partial charge < -0.3 is 15.5 Å². The molecule has 2 saturated heterocycles. The number of nitrogens with zero attached hydrogens (tertiary/aromatic N) is 4. The van der Waals surface area contributed by atoms with Crippen molar-refractivity contribution in [2.24, 2.45) is 27.8 Å². The number of piperidine rings is 1. The van der Waals surface area contributed by atoms with Gasteiger partial charge in [-0.2, -0.15) is 18.3 Å². The summed E-state index contributed by atoms with van der Waals surface area (Å²) >= 11 is 0. The summed E-state index contributed by atoms with van der Waals surface area (Å²) in [6.07, 6.45) is 1.12. The molecule has 2 fully saturated rings. The average molecular weight is 485 g/mol. The number of nitrogens with one attached hydrogen (secondary N) is 2. The standard InChI is InChI=1S/C23H35F3N6O2/c1-5-18(33)29-15-7-14(8-27-9-15)17-6-13(2)19-20(30-17)22(3,4)32(21(19)34)16-10-28-31(11-16)12-23(24,25)26/h8,10,13-17,19-20,30H,5-7,9,11-12H2,1-4H3,(H,29,33). The molecule has 0 aromatic heterocycles. The highest BCUT2D eigenvalue weighted by molar-refractivity contribution is 5.88. The Kier molecular flexibility index (Phi) is 6.69. The fourth-order valence-corrected chi connectivity index (χ4v) is 6.22. The molecule has 4 rings (SSSR count). The topological polar surface area (TPSA) is 89.4 Å². The molecule has 0 aromatic carbocycles. The molecule has 2 amide bonds. The van der Waals surface area contributed by atoms with Crippen LogP contribution in [-0.4, -0.2) is 89.7 Å². The minimum absolute atomic E-state index is 0.00122. The molecule has 0 spiro atoms. The number of alkyl halides is 3. The van der Waals surface area contributed by atoms with E-state index in [0.717, 1.165) is 17.9 Å². The molecule has 190 valence electrons. The van der Waals surface area contributed by atoms with Crippen LogP contribution in [0.5, 0.6) is 0 Å². The van der Waals surface area contributed by atoms with Gasteiger partial charge in [0.2, 0.25) is 11.8 Å². The first kappa shape index (κ1) is 24.9. The number of aliphatic imine (C=N–C) groups is 1. The molecule has 0 aliphatic carbocycles. The van der Waals surface area contributed by atoms with Gasteiger partial charge in [-0.1, -0.05) is 13.8 Å². The highest BCUT2D eigenvalue weighted by Crippen LogP contribution is 2.45. The zero-order valence-electron chi connectivity index (χ0n) is 20.2. The Bertz CT molecular complexity index is 860. The van der Waals surface area contributed by atoms with Crippen molar-refractivity contribution < 1.29 is 22.8 Å². The Labute approximate surface area is 198 Å². The fraction of sp³-hybridized carbons (Fsp3) is 0.826. The molecule has 7 atom stereocenters. The van der Waals surface area contributed by atoms with E-state index in [0.29, 0.717) is 13.0 Å². The van der Waals surface area contributed by atoms with E-state index in [9.17, 15) is 22.8 Å². The Balaban J connectivity index is 1.47. The van der Waals surface area contributed by atoms with Crippen molar-refractivity contribution in [3.63, 3.8) is 0 Å². The number of carbonyl (C=O) groups is 2. The van der Waals surface area contributed by atoms with Crippen molar-refractivity contribution >= 4 is 24.2 Å². The number of hydrazone groups is 1. The van der Waals surface area contributed by atoms with Crippen LogP contribution in [0.1, 0.15) is 47.0 Å². The molecule has 0 saturated carbocycles. The van der Waals surface area contributed by atoms with Crippen LogP contribution in [0.3, 0.4) is 0 Å². The molecule has 0 radical (unpaired) electrons. The summed E-state index contributed by atoms with van der Waals surface area (Å²) in [6, 6.07) is -0.528. The number of halogens is 3. The minimum Gasteiger partial charge on any atom is -0.351 e. The fourth-order valence-electron chi connectivity index (χ4n) is 6.22. The first-order valence-electron chi connectivity index (χ1n) is 12.1. The maximum Gasteiger partial charge on any atom is 0.407 e. The number of hydrogen-bond donors (Lipinski definition) is 2. The van der Waals surface area contributed by atoms with Crippen LogP contribution in [0.4, 0.5) is 13.2 Å². The predicted molar refractivity (Wildman–Crippen MR) is 123 cm³/mol. The van der Waals surface area contributed by atoms with E-state index in [1.54, 1.807) is 4.90 Å². The van der Waals surface area contributed by atoms with E-state index in [-0.39, 0.29) is 54.2 Å². The average Bonchev–Trinajstić information content (AvgIpc) is 3.26. The van der Waals surface area contributed by atoms with Crippen molar-refractivity contribution in [3.05, 3.63) is 0 Å². The highest BCUT2D eigenvalue weighted by Gasteiger charge is 2.59. The van der Waals surface area contributed by atoms with E-state index in [4.69, 9.17) is 0 Å². The van der Waals surface area contributed by atoms with Gasteiger partial charge in [0.05, 0.1) is 30.6 Å². The summed E-state index contributed by atoms with van der Waals surface area (Å²) < 4.78 is 38.5.